The first-order valence-corrected chi connectivity index (χ1v) is 7.59. The zero-order valence-electron chi connectivity index (χ0n) is 12.8. The maximum atomic E-state index is 13.3. The van der Waals surface area contributed by atoms with Crippen LogP contribution in [0.4, 0.5) is 4.39 Å². The van der Waals surface area contributed by atoms with E-state index in [4.69, 9.17) is 9.84 Å². The highest BCUT2D eigenvalue weighted by Crippen LogP contribution is 2.36. The zero-order valence-corrected chi connectivity index (χ0v) is 12.8. The van der Waals surface area contributed by atoms with Crippen LogP contribution in [0.25, 0.3) is 22.4 Å². The van der Waals surface area contributed by atoms with Crippen molar-refractivity contribution in [3.63, 3.8) is 0 Å². The quantitative estimate of drug-likeness (QED) is 0.726. The van der Waals surface area contributed by atoms with Crippen molar-refractivity contribution in [3.8, 4) is 22.4 Å². The standard InChI is InChI=1S/C18H16FN3O/c1-12-10-14(6-7-20-12)17-16-11-23-9-8-22(16)21-18(17)13-2-4-15(19)5-3-13/h2-7,10H,8-9,11H2,1H3. The number of fused-ring (bicyclic) bond motifs is 1. The minimum Gasteiger partial charge on any atom is -0.373 e. The number of rotatable bonds is 2. The lowest BCUT2D eigenvalue weighted by Crippen LogP contribution is -2.17. The molecule has 116 valence electrons. The molecule has 1 aliphatic rings. The van der Waals surface area contributed by atoms with Gasteiger partial charge in [-0.3, -0.25) is 9.67 Å². The molecule has 0 saturated heterocycles. The number of hydrogen-bond donors (Lipinski definition) is 0. The second-order valence-electron chi connectivity index (χ2n) is 5.64. The van der Waals surface area contributed by atoms with E-state index in [9.17, 15) is 4.39 Å². The maximum absolute atomic E-state index is 13.3. The van der Waals surface area contributed by atoms with Crippen LogP contribution >= 0.6 is 0 Å². The molecule has 0 radical (unpaired) electrons. The number of benzene rings is 1. The fourth-order valence-electron chi connectivity index (χ4n) is 2.96. The van der Waals surface area contributed by atoms with E-state index in [0.29, 0.717) is 13.2 Å². The molecule has 0 aliphatic carbocycles. The first kappa shape index (κ1) is 14.1. The van der Waals surface area contributed by atoms with Gasteiger partial charge in [-0.2, -0.15) is 5.10 Å². The Labute approximate surface area is 133 Å². The molecule has 1 aliphatic heterocycles. The van der Waals surface area contributed by atoms with E-state index < -0.39 is 0 Å². The summed E-state index contributed by atoms with van der Waals surface area (Å²) in [6.07, 6.45) is 1.80. The fraction of sp³-hybridized carbons (Fsp3) is 0.222. The molecule has 23 heavy (non-hydrogen) atoms. The monoisotopic (exact) mass is 309 g/mol. The Morgan fingerprint density at radius 1 is 1.13 bits per heavy atom. The SMILES string of the molecule is Cc1cc(-c2c(-c3ccc(F)cc3)nn3c2COCC3)ccn1. The van der Waals surface area contributed by atoms with Crippen LogP contribution in [0.2, 0.25) is 0 Å². The molecule has 1 aromatic carbocycles. The van der Waals surface area contributed by atoms with Gasteiger partial charge in [0.1, 0.15) is 11.5 Å². The number of ether oxygens (including phenoxy) is 1. The van der Waals surface area contributed by atoms with E-state index in [-0.39, 0.29) is 5.82 Å². The summed E-state index contributed by atoms with van der Waals surface area (Å²) in [5.41, 5.74) is 5.87. The third-order valence-corrected chi connectivity index (χ3v) is 4.05. The van der Waals surface area contributed by atoms with Crippen molar-refractivity contribution in [1.29, 1.82) is 0 Å². The summed E-state index contributed by atoms with van der Waals surface area (Å²) in [6, 6.07) is 10.5. The van der Waals surface area contributed by atoms with Crippen LogP contribution in [-0.2, 0) is 17.9 Å². The number of nitrogens with zero attached hydrogens (tertiary/aromatic N) is 3. The molecule has 2 aromatic heterocycles. The predicted molar refractivity (Wildman–Crippen MR) is 85.2 cm³/mol. The van der Waals surface area contributed by atoms with Gasteiger partial charge in [0.2, 0.25) is 0 Å². The molecule has 0 atom stereocenters. The van der Waals surface area contributed by atoms with Gasteiger partial charge in [0.15, 0.2) is 0 Å². The van der Waals surface area contributed by atoms with Crippen molar-refractivity contribution >= 4 is 0 Å². The van der Waals surface area contributed by atoms with Gasteiger partial charge in [-0.05, 0) is 48.9 Å². The summed E-state index contributed by atoms with van der Waals surface area (Å²) in [5.74, 6) is -0.248. The zero-order chi connectivity index (χ0) is 15.8. The number of pyridine rings is 1. The van der Waals surface area contributed by atoms with Crippen molar-refractivity contribution < 1.29 is 9.13 Å². The first-order valence-electron chi connectivity index (χ1n) is 7.59. The smallest absolute Gasteiger partial charge is 0.123 e. The summed E-state index contributed by atoms with van der Waals surface area (Å²) < 4.78 is 20.9. The second kappa shape index (κ2) is 5.59. The van der Waals surface area contributed by atoms with Gasteiger partial charge in [0.25, 0.3) is 0 Å². The lowest BCUT2D eigenvalue weighted by atomic mass is 9.99. The van der Waals surface area contributed by atoms with Gasteiger partial charge in [-0.15, -0.1) is 0 Å². The summed E-state index contributed by atoms with van der Waals surface area (Å²) in [7, 11) is 0. The first-order chi connectivity index (χ1) is 11.2. The average Bonchev–Trinajstić information content (AvgIpc) is 2.95. The summed E-state index contributed by atoms with van der Waals surface area (Å²) >= 11 is 0. The number of aromatic nitrogens is 3. The Bertz CT molecular complexity index is 855. The fourth-order valence-corrected chi connectivity index (χ4v) is 2.96. The van der Waals surface area contributed by atoms with Crippen molar-refractivity contribution in [2.75, 3.05) is 6.61 Å². The molecule has 4 rings (SSSR count). The molecule has 3 heterocycles. The Morgan fingerprint density at radius 3 is 2.74 bits per heavy atom. The van der Waals surface area contributed by atoms with Crippen LogP contribution < -0.4 is 0 Å². The van der Waals surface area contributed by atoms with Crippen molar-refractivity contribution in [3.05, 3.63) is 59.8 Å². The number of aryl methyl sites for hydroxylation is 1. The molecule has 0 fully saturated rings. The van der Waals surface area contributed by atoms with Crippen LogP contribution in [0.1, 0.15) is 11.4 Å². The van der Waals surface area contributed by atoms with Crippen LogP contribution in [0.3, 0.4) is 0 Å². The van der Waals surface area contributed by atoms with E-state index in [2.05, 4.69) is 4.98 Å². The van der Waals surface area contributed by atoms with E-state index >= 15 is 0 Å². The molecular weight excluding hydrogens is 293 g/mol. The predicted octanol–water partition coefficient (Wildman–Crippen LogP) is 3.59. The maximum Gasteiger partial charge on any atom is 0.123 e. The van der Waals surface area contributed by atoms with E-state index in [1.54, 1.807) is 18.3 Å². The summed E-state index contributed by atoms with van der Waals surface area (Å²) in [6.45, 7) is 3.89. The Balaban J connectivity index is 1.95. The van der Waals surface area contributed by atoms with E-state index in [1.165, 1.54) is 12.1 Å². The van der Waals surface area contributed by atoms with Crippen molar-refractivity contribution in [2.24, 2.45) is 0 Å². The van der Waals surface area contributed by atoms with Crippen LogP contribution in [0.15, 0.2) is 42.6 Å². The summed E-state index contributed by atoms with van der Waals surface area (Å²) in [5, 5.41) is 4.75. The topological polar surface area (TPSA) is 39.9 Å². The van der Waals surface area contributed by atoms with Gasteiger partial charge >= 0.3 is 0 Å². The molecule has 0 amide bonds. The highest BCUT2D eigenvalue weighted by atomic mass is 19.1. The molecule has 5 heteroatoms. The normalized spacial score (nSPS) is 13.8. The molecule has 0 N–H and O–H groups in total. The van der Waals surface area contributed by atoms with Gasteiger partial charge in [-0.1, -0.05) is 0 Å². The van der Waals surface area contributed by atoms with Gasteiger partial charge in [0, 0.05) is 23.0 Å². The second-order valence-corrected chi connectivity index (χ2v) is 5.64. The molecule has 0 spiro atoms. The molecule has 0 unspecified atom stereocenters. The van der Waals surface area contributed by atoms with Crippen LogP contribution in [0, 0.1) is 12.7 Å². The Hall–Kier alpha value is -2.53. The van der Waals surface area contributed by atoms with E-state index in [1.807, 2.05) is 23.7 Å². The van der Waals surface area contributed by atoms with Gasteiger partial charge < -0.3 is 4.74 Å². The van der Waals surface area contributed by atoms with Gasteiger partial charge in [-0.25, -0.2) is 4.39 Å². The summed E-state index contributed by atoms with van der Waals surface area (Å²) in [4.78, 5) is 4.27. The van der Waals surface area contributed by atoms with Crippen molar-refractivity contribution in [1.82, 2.24) is 14.8 Å². The highest BCUT2D eigenvalue weighted by Gasteiger charge is 2.23. The minimum atomic E-state index is -0.248. The van der Waals surface area contributed by atoms with E-state index in [0.717, 1.165) is 40.3 Å². The van der Waals surface area contributed by atoms with Crippen LogP contribution in [-0.4, -0.2) is 21.4 Å². The lowest BCUT2D eigenvalue weighted by Gasteiger charge is -2.15. The third-order valence-electron chi connectivity index (χ3n) is 4.05. The van der Waals surface area contributed by atoms with Crippen LogP contribution in [0.5, 0.6) is 0 Å². The Morgan fingerprint density at radius 2 is 1.96 bits per heavy atom. The lowest BCUT2D eigenvalue weighted by molar-refractivity contribution is 0.0805. The highest BCUT2D eigenvalue weighted by molar-refractivity contribution is 5.82. The molecule has 0 bridgehead atoms. The van der Waals surface area contributed by atoms with Crippen molar-refractivity contribution in [2.45, 2.75) is 20.1 Å². The minimum absolute atomic E-state index is 0.248. The number of hydrogen-bond acceptors (Lipinski definition) is 3. The molecule has 4 nitrogen and oxygen atoms in total. The average molecular weight is 309 g/mol. The largest absolute Gasteiger partial charge is 0.373 e. The molecular formula is C18H16FN3O. The van der Waals surface area contributed by atoms with Gasteiger partial charge in [0.05, 0.1) is 25.5 Å². The molecule has 0 saturated carbocycles. The molecule has 3 aromatic rings. The third kappa shape index (κ3) is 2.53. The Kier molecular flexibility index (Phi) is 3.42. The number of halogens is 1.